The van der Waals surface area contributed by atoms with Crippen LogP contribution in [-0.4, -0.2) is 44.1 Å². The quantitative estimate of drug-likeness (QED) is 0.502. The number of carboxylic acids is 1. The monoisotopic (exact) mass is 294 g/mol. The van der Waals surface area contributed by atoms with Crippen molar-refractivity contribution < 1.29 is 24.1 Å². The molecular weight excluding hydrogens is 272 g/mol. The third-order valence-corrected chi connectivity index (χ3v) is 2.49. The molecule has 0 fully saturated rings. The Morgan fingerprint density at radius 2 is 1.86 bits per heavy atom. The van der Waals surface area contributed by atoms with Gasteiger partial charge in [-0.3, -0.25) is 0 Å². The zero-order valence-electron chi connectivity index (χ0n) is 12.3. The van der Waals surface area contributed by atoms with Gasteiger partial charge in [-0.05, 0) is 30.2 Å². The molecule has 1 N–H and O–H groups in total. The number of ether oxygens (including phenoxy) is 3. The van der Waals surface area contributed by atoms with E-state index in [-0.39, 0.29) is 0 Å². The number of benzene rings is 1. The maximum Gasteiger partial charge on any atom is 0.328 e. The highest BCUT2D eigenvalue weighted by Crippen LogP contribution is 2.14. The summed E-state index contributed by atoms with van der Waals surface area (Å²) in [7, 11) is 0. The molecule has 0 heterocycles. The van der Waals surface area contributed by atoms with Gasteiger partial charge in [0.15, 0.2) is 0 Å². The van der Waals surface area contributed by atoms with Crippen LogP contribution in [0.5, 0.6) is 5.75 Å². The van der Waals surface area contributed by atoms with Crippen molar-refractivity contribution in [2.24, 2.45) is 0 Å². The van der Waals surface area contributed by atoms with Crippen molar-refractivity contribution in [2.45, 2.75) is 13.3 Å². The van der Waals surface area contributed by atoms with Crippen molar-refractivity contribution in [1.29, 1.82) is 0 Å². The molecular formula is C16H22O5. The molecule has 0 atom stereocenters. The van der Waals surface area contributed by atoms with E-state index >= 15 is 0 Å². The first-order valence-corrected chi connectivity index (χ1v) is 7.01. The molecule has 0 aliphatic rings. The molecule has 116 valence electrons. The van der Waals surface area contributed by atoms with E-state index in [0.29, 0.717) is 32.2 Å². The number of hydrogen-bond donors (Lipinski definition) is 1. The van der Waals surface area contributed by atoms with E-state index in [1.807, 2.05) is 18.2 Å². The van der Waals surface area contributed by atoms with Gasteiger partial charge < -0.3 is 19.3 Å². The van der Waals surface area contributed by atoms with Crippen molar-refractivity contribution in [3.63, 3.8) is 0 Å². The molecule has 0 aliphatic heterocycles. The largest absolute Gasteiger partial charge is 0.491 e. The average molecular weight is 294 g/mol. The number of hydrogen-bond acceptors (Lipinski definition) is 4. The van der Waals surface area contributed by atoms with Crippen LogP contribution < -0.4 is 4.74 Å². The predicted octanol–water partition coefficient (Wildman–Crippen LogP) is 2.61. The van der Waals surface area contributed by atoms with Crippen molar-refractivity contribution >= 4 is 12.0 Å². The van der Waals surface area contributed by atoms with Gasteiger partial charge in [0.05, 0.1) is 19.8 Å². The Balaban J connectivity index is 2.20. The normalized spacial score (nSPS) is 10.9. The van der Waals surface area contributed by atoms with Gasteiger partial charge in [0, 0.05) is 12.7 Å². The molecule has 0 amide bonds. The van der Waals surface area contributed by atoms with Crippen LogP contribution in [0.1, 0.15) is 18.9 Å². The molecule has 0 unspecified atom stereocenters. The van der Waals surface area contributed by atoms with Crippen LogP contribution in [-0.2, 0) is 14.3 Å². The molecule has 0 aliphatic carbocycles. The Hall–Kier alpha value is -1.85. The van der Waals surface area contributed by atoms with Gasteiger partial charge in [-0.15, -0.1) is 0 Å². The van der Waals surface area contributed by atoms with E-state index in [1.54, 1.807) is 6.07 Å². The van der Waals surface area contributed by atoms with Crippen LogP contribution in [0.3, 0.4) is 0 Å². The lowest BCUT2D eigenvalue weighted by molar-refractivity contribution is -0.131. The fourth-order valence-corrected chi connectivity index (χ4v) is 1.56. The molecule has 5 nitrogen and oxygen atoms in total. The molecule has 1 aromatic rings. The Morgan fingerprint density at radius 1 is 1.14 bits per heavy atom. The standard InChI is InChI=1S/C16H22O5/c1-2-8-19-9-10-20-11-12-21-15-5-3-4-14(13-15)6-7-16(17)18/h3-7,13H,2,8-12H2,1H3,(H,17,18). The molecule has 0 saturated carbocycles. The van der Waals surface area contributed by atoms with Gasteiger partial charge in [0.25, 0.3) is 0 Å². The summed E-state index contributed by atoms with van der Waals surface area (Å²) >= 11 is 0. The fraction of sp³-hybridized carbons (Fsp3) is 0.438. The molecule has 1 aromatic carbocycles. The Kier molecular flexibility index (Phi) is 8.91. The van der Waals surface area contributed by atoms with Gasteiger partial charge in [-0.2, -0.15) is 0 Å². The topological polar surface area (TPSA) is 65.0 Å². The highest BCUT2D eigenvalue weighted by atomic mass is 16.5. The molecule has 21 heavy (non-hydrogen) atoms. The highest BCUT2D eigenvalue weighted by molar-refractivity contribution is 5.85. The van der Waals surface area contributed by atoms with Crippen LogP contribution in [0.15, 0.2) is 30.3 Å². The third kappa shape index (κ3) is 8.83. The number of carboxylic acid groups (broad SMARTS) is 1. The summed E-state index contributed by atoms with van der Waals surface area (Å²) in [6.45, 7) is 4.92. The summed E-state index contributed by atoms with van der Waals surface area (Å²) in [5.74, 6) is -0.284. The van der Waals surface area contributed by atoms with Crippen molar-refractivity contribution in [3.05, 3.63) is 35.9 Å². The smallest absolute Gasteiger partial charge is 0.328 e. The first kappa shape index (κ1) is 17.2. The van der Waals surface area contributed by atoms with Crippen molar-refractivity contribution in [1.82, 2.24) is 0 Å². The Labute approximate surface area is 125 Å². The van der Waals surface area contributed by atoms with E-state index < -0.39 is 5.97 Å². The van der Waals surface area contributed by atoms with Crippen molar-refractivity contribution in [2.75, 3.05) is 33.0 Å². The van der Waals surface area contributed by atoms with Gasteiger partial charge >= 0.3 is 5.97 Å². The van der Waals surface area contributed by atoms with E-state index in [0.717, 1.165) is 24.7 Å². The van der Waals surface area contributed by atoms with E-state index in [9.17, 15) is 4.79 Å². The first-order chi connectivity index (χ1) is 10.2. The summed E-state index contributed by atoms with van der Waals surface area (Å²) in [6, 6.07) is 7.23. The summed E-state index contributed by atoms with van der Waals surface area (Å²) < 4.78 is 16.2. The second-order valence-electron chi connectivity index (χ2n) is 4.32. The minimum atomic E-state index is -0.972. The Bertz CT molecular complexity index is 442. The SMILES string of the molecule is CCCOCCOCCOc1cccc(C=CC(=O)O)c1. The van der Waals surface area contributed by atoms with E-state index in [4.69, 9.17) is 19.3 Å². The number of rotatable bonds is 11. The summed E-state index contributed by atoms with van der Waals surface area (Å²) in [5.41, 5.74) is 0.781. The molecule has 5 heteroatoms. The average Bonchev–Trinajstić information content (AvgIpc) is 2.48. The lowest BCUT2D eigenvalue weighted by atomic mass is 10.2. The fourth-order valence-electron chi connectivity index (χ4n) is 1.56. The van der Waals surface area contributed by atoms with Crippen LogP contribution >= 0.6 is 0 Å². The summed E-state index contributed by atoms with van der Waals surface area (Å²) in [6.07, 6.45) is 3.63. The van der Waals surface area contributed by atoms with E-state index in [2.05, 4.69) is 6.92 Å². The van der Waals surface area contributed by atoms with Crippen molar-refractivity contribution in [3.8, 4) is 5.75 Å². The number of aliphatic carboxylic acids is 1. The maximum atomic E-state index is 10.5. The van der Waals surface area contributed by atoms with Crippen LogP contribution in [0.4, 0.5) is 0 Å². The van der Waals surface area contributed by atoms with Crippen LogP contribution in [0.25, 0.3) is 6.08 Å². The number of carbonyl (C=O) groups is 1. The molecule has 1 rings (SSSR count). The molecule has 0 aromatic heterocycles. The van der Waals surface area contributed by atoms with Gasteiger partial charge in [0.2, 0.25) is 0 Å². The Morgan fingerprint density at radius 3 is 2.57 bits per heavy atom. The summed E-state index contributed by atoms with van der Waals surface area (Å²) in [5, 5.41) is 8.58. The van der Waals surface area contributed by atoms with Crippen LogP contribution in [0, 0.1) is 0 Å². The van der Waals surface area contributed by atoms with E-state index in [1.165, 1.54) is 6.08 Å². The van der Waals surface area contributed by atoms with Gasteiger partial charge in [0.1, 0.15) is 12.4 Å². The molecule has 0 bridgehead atoms. The zero-order valence-corrected chi connectivity index (χ0v) is 12.3. The zero-order chi connectivity index (χ0) is 15.3. The maximum absolute atomic E-state index is 10.5. The van der Waals surface area contributed by atoms with Gasteiger partial charge in [-0.25, -0.2) is 4.79 Å². The molecule has 0 radical (unpaired) electrons. The first-order valence-electron chi connectivity index (χ1n) is 7.01. The second kappa shape index (κ2) is 10.9. The molecule has 0 spiro atoms. The predicted molar refractivity (Wildman–Crippen MR) is 80.5 cm³/mol. The minimum absolute atomic E-state index is 0.444. The highest BCUT2D eigenvalue weighted by Gasteiger charge is 1.96. The lowest BCUT2D eigenvalue weighted by Crippen LogP contribution is -2.11. The molecule has 0 saturated heterocycles. The lowest BCUT2D eigenvalue weighted by Gasteiger charge is -2.08. The summed E-state index contributed by atoms with van der Waals surface area (Å²) in [4.78, 5) is 10.5. The van der Waals surface area contributed by atoms with Gasteiger partial charge in [-0.1, -0.05) is 19.1 Å². The van der Waals surface area contributed by atoms with Crippen LogP contribution in [0.2, 0.25) is 0 Å². The third-order valence-electron chi connectivity index (χ3n) is 2.49. The minimum Gasteiger partial charge on any atom is -0.491 e. The second-order valence-corrected chi connectivity index (χ2v) is 4.32.